The zero-order valence-corrected chi connectivity index (χ0v) is 12.5. The van der Waals surface area contributed by atoms with E-state index in [0.717, 1.165) is 15.7 Å². The molecule has 1 unspecified atom stereocenters. The molecule has 96 valence electrons. The molecular formula is C16H15BrN2. The van der Waals surface area contributed by atoms with Gasteiger partial charge in [0.25, 0.3) is 0 Å². The number of benzene rings is 2. The predicted octanol–water partition coefficient (Wildman–Crippen LogP) is 4.74. The van der Waals surface area contributed by atoms with Crippen LogP contribution in [0.3, 0.4) is 0 Å². The third kappa shape index (κ3) is 3.36. The lowest BCUT2D eigenvalue weighted by Crippen LogP contribution is -2.08. The maximum absolute atomic E-state index is 9.33. The Bertz CT molecular complexity index is 612. The number of halogens is 1. The number of nitrogens with one attached hydrogen (secondary N) is 1. The van der Waals surface area contributed by atoms with Gasteiger partial charge in [-0.1, -0.05) is 34.1 Å². The number of rotatable bonds is 3. The average Bonchev–Trinajstić information content (AvgIpc) is 2.41. The lowest BCUT2D eigenvalue weighted by atomic mass is 10.0. The van der Waals surface area contributed by atoms with E-state index in [1.54, 1.807) is 0 Å². The van der Waals surface area contributed by atoms with E-state index in [0.29, 0.717) is 0 Å². The summed E-state index contributed by atoms with van der Waals surface area (Å²) in [5, 5.41) is 12.6. The van der Waals surface area contributed by atoms with E-state index >= 15 is 0 Å². The van der Waals surface area contributed by atoms with Crippen LogP contribution in [0.25, 0.3) is 0 Å². The van der Waals surface area contributed by atoms with Gasteiger partial charge in [0.15, 0.2) is 0 Å². The third-order valence-electron chi connectivity index (χ3n) is 3.15. The van der Waals surface area contributed by atoms with Crippen molar-refractivity contribution in [2.75, 3.05) is 5.32 Å². The summed E-state index contributed by atoms with van der Waals surface area (Å²) >= 11 is 3.40. The van der Waals surface area contributed by atoms with Crippen molar-refractivity contribution in [3.63, 3.8) is 0 Å². The topological polar surface area (TPSA) is 35.8 Å². The second-order valence-electron chi connectivity index (χ2n) is 4.56. The lowest BCUT2D eigenvalue weighted by molar-refractivity contribution is 0.991. The smallest absolute Gasteiger partial charge is 0.140 e. The minimum Gasteiger partial charge on any atom is -0.366 e. The fourth-order valence-corrected chi connectivity index (χ4v) is 2.11. The Balaban J connectivity index is 2.23. The van der Waals surface area contributed by atoms with E-state index in [4.69, 9.17) is 0 Å². The summed E-state index contributed by atoms with van der Waals surface area (Å²) in [6.07, 6.45) is 0. The molecule has 3 heteroatoms. The summed E-state index contributed by atoms with van der Waals surface area (Å²) in [6.45, 7) is 4.13. The quantitative estimate of drug-likeness (QED) is 0.888. The second kappa shape index (κ2) is 5.90. The maximum Gasteiger partial charge on any atom is 0.140 e. The van der Waals surface area contributed by atoms with Crippen molar-refractivity contribution >= 4 is 21.6 Å². The van der Waals surface area contributed by atoms with E-state index < -0.39 is 0 Å². The summed E-state index contributed by atoms with van der Waals surface area (Å²) < 4.78 is 1.03. The number of hydrogen-bond acceptors (Lipinski definition) is 2. The average molecular weight is 315 g/mol. The zero-order valence-electron chi connectivity index (χ0n) is 10.9. The molecule has 0 spiro atoms. The van der Waals surface area contributed by atoms with Crippen LogP contribution in [0.4, 0.5) is 5.69 Å². The van der Waals surface area contributed by atoms with Crippen LogP contribution in [-0.2, 0) is 0 Å². The molecule has 0 saturated heterocycles. The molecule has 2 nitrogen and oxygen atoms in total. The summed E-state index contributed by atoms with van der Waals surface area (Å²) in [6, 6.07) is 15.9. The van der Waals surface area contributed by atoms with Crippen molar-refractivity contribution in [3.05, 3.63) is 63.6 Å². The largest absolute Gasteiger partial charge is 0.366 e. The van der Waals surface area contributed by atoms with Crippen molar-refractivity contribution in [2.45, 2.75) is 19.9 Å². The molecule has 0 aliphatic carbocycles. The standard InChI is InChI=1S/C16H15BrN2/c1-11-3-4-13(9-12(11)2)16(10-18)19-15-7-5-14(17)6-8-15/h3-9,16,19H,1-2H3. The fraction of sp³-hybridized carbons (Fsp3) is 0.188. The molecule has 0 bridgehead atoms. The Morgan fingerprint density at radius 3 is 2.32 bits per heavy atom. The first kappa shape index (κ1) is 13.6. The SMILES string of the molecule is Cc1ccc(C(C#N)Nc2ccc(Br)cc2)cc1C. The third-order valence-corrected chi connectivity index (χ3v) is 3.68. The number of aryl methyl sites for hydroxylation is 2. The van der Waals surface area contributed by atoms with Crippen molar-refractivity contribution in [1.29, 1.82) is 5.26 Å². The molecule has 0 fully saturated rings. The predicted molar refractivity (Wildman–Crippen MR) is 82.0 cm³/mol. The first-order chi connectivity index (χ1) is 9.10. The molecule has 0 saturated carbocycles. The highest BCUT2D eigenvalue weighted by atomic mass is 79.9. The van der Waals surface area contributed by atoms with Gasteiger partial charge in [-0.25, -0.2) is 0 Å². The van der Waals surface area contributed by atoms with Gasteiger partial charge >= 0.3 is 0 Å². The fourth-order valence-electron chi connectivity index (χ4n) is 1.85. The van der Waals surface area contributed by atoms with Crippen LogP contribution in [0, 0.1) is 25.2 Å². The molecule has 19 heavy (non-hydrogen) atoms. The molecular weight excluding hydrogens is 300 g/mol. The highest BCUT2D eigenvalue weighted by molar-refractivity contribution is 9.10. The highest BCUT2D eigenvalue weighted by Gasteiger charge is 2.10. The highest BCUT2D eigenvalue weighted by Crippen LogP contribution is 2.22. The Labute approximate surface area is 122 Å². The minimum atomic E-state index is -0.333. The number of anilines is 1. The van der Waals surface area contributed by atoms with E-state index in [-0.39, 0.29) is 6.04 Å². The molecule has 0 aliphatic rings. The van der Waals surface area contributed by atoms with Gasteiger partial charge in [0.1, 0.15) is 6.04 Å². The molecule has 1 atom stereocenters. The van der Waals surface area contributed by atoms with Gasteiger partial charge in [0.2, 0.25) is 0 Å². The van der Waals surface area contributed by atoms with Gasteiger partial charge in [-0.2, -0.15) is 5.26 Å². The first-order valence-electron chi connectivity index (χ1n) is 6.09. The van der Waals surface area contributed by atoms with Crippen LogP contribution in [-0.4, -0.2) is 0 Å². The number of hydrogen-bond donors (Lipinski definition) is 1. The van der Waals surface area contributed by atoms with Gasteiger partial charge in [-0.15, -0.1) is 0 Å². The van der Waals surface area contributed by atoms with E-state index in [1.165, 1.54) is 11.1 Å². The summed E-state index contributed by atoms with van der Waals surface area (Å²) in [5.74, 6) is 0. The van der Waals surface area contributed by atoms with Crippen molar-refractivity contribution in [3.8, 4) is 6.07 Å². The van der Waals surface area contributed by atoms with Gasteiger partial charge in [-0.3, -0.25) is 0 Å². The molecule has 0 amide bonds. The summed E-state index contributed by atoms with van der Waals surface area (Å²) in [7, 11) is 0. The normalized spacial score (nSPS) is 11.7. The summed E-state index contributed by atoms with van der Waals surface area (Å²) in [4.78, 5) is 0. The lowest BCUT2D eigenvalue weighted by Gasteiger charge is -2.14. The Kier molecular flexibility index (Phi) is 4.24. The first-order valence-corrected chi connectivity index (χ1v) is 6.88. The minimum absolute atomic E-state index is 0.333. The van der Waals surface area contributed by atoms with Gasteiger partial charge < -0.3 is 5.32 Å². The Morgan fingerprint density at radius 2 is 1.74 bits per heavy atom. The zero-order chi connectivity index (χ0) is 13.8. The maximum atomic E-state index is 9.33. The van der Waals surface area contributed by atoms with Gasteiger partial charge in [0.05, 0.1) is 6.07 Å². The van der Waals surface area contributed by atoms with Crippen LogP contribution in [0.15, 0.2) is 46.9 Å². The Hall–Kier alpha value is -1.79. The molecule has 2 aromatic carbocycles. The van der Waals surface area contributed by atoms with Crippen LogP contribution < -0.4 is 5.32 Å². The molecule has 2 rings (SSSR count). The molecule has 1 N–H and O–H groups in total. The van der Waals surface area contributed by atoms with Crippen LogP contribution in [0.5, 0.6) is 0 Å². The van der Waals surface area contributed by atoms with E-state index in [1.807, 2.05) is 30.3 Å². The van der Waals surface area contributed by atoms with Crippen molar-refractivity contribution in [1.82, 2.24) is 0 Å². The van der Waals surface area contributed by atoms with Gasteiger partial charge in [-0.05, 0) is 54.8 Å². The Morgan fingerprint density at radius 1 is 1.05 bits per heavy atom. The van der Waals surface area contributed by atoms with E-state index in [9.17, 15) is 5.26 Å². The molecule has 0 radical (unpaired) electrons. The molecule has 2 aromatic rings. The monoisotopic (exact) mass is 314 g/mol. The van der Waals surface area contributed by atoms with Gasteiger partial charge in [0, 0.05) is 10.2 Å². The van der Waals surface area contributed by atoms with Crippen molar-refractivity contribution < 1.29 is 0 Å². The van der Waals surface area contributed by atoms with Crippen LogP contribution in [0.2, 0.25) is 0 Å². The van der Waals surface area contributed by atoms with Crippen LogP contribution in [0.1, 0.15) is 22.7 Å². The second-order valence-corrected chi connectivity index (χ2v) is 5.47. The summed E-state index contributed by atoms with van der Waals surface area (Å²) in [5.41, 5.74) is 4.38. The van der Waals surface area contributed by atoms with E-state index in [2.05, 4.69) is 53.3 Å². The number of nitriles is 1. The molecule has 0 aliphatic heterocycles. The molecule has 0 aromatic heterocycles. The van der Waals surface area contributed by atoms with Crippen LogP contribution >= 0.6 is 15.9 Å². The number of nitrogens with zero attached hydrogens (tertiary/aromatic N) is 1. The van der Waals surface area contributed by atoms with Crippen molar-refractivity contribution in [2.24, 2.45) is 0 Å². The molecule has 0 heterocycles.